The molecule has 2 rings (SSSR count). The summed E-state index contributed by atoms with van der Waals surface area (Å²) in [5.41, 5.74) is 1.91. The second-order valence-electron chi connectivity index (χ2n) is 4.36. The van der Waals surface area contributed by atoms with Gasteiger partial charge < -0.3 is 5.32 Å². The smallest absolute Gasteiger partial charge is 0.0991 e. The van der Waals surface area contributed by atoms with Gasteiger partial charge in [0.05, 0.1) is 11.6 Å². The van der Waals surface area contributed by atoms with E-state index in [0.29, 0.717) is 11.6 Å². The third-order valence-corrected chi connectivity index (χ3v) is 4.06. The van der Waals surface area contributed by atoms with Crippen molar-refractivity contribution in [3.8, 4) is 6.07 Å². The molecule has 0 spiro atoms. The van der Waals surface area contributed by atoms with Crippen molar-refractivity contribution in [1.82, 2.24) is 5.32 Å². The SMILES string of the molecule is CC(NC(C)c1cccs1)c1ccc(C#N)cc1. The van der Waals surface area contributed by atoms with Gasteiger partial charge in [-0.25, -0.2) is 0 Å². The summed E-state index contributed by atoms with van der Waals surface area (Å²) >= 11 is 1.77. The van der Waals surface area contributed by atoms with Crippen LogP contribution >= 0.6 is 11.3 Å². The second kappa shape index (κ2) is 5.81. The second-order valence-corrected chi connectivity index (χ2v) is 5.34. The van der Waals surface area contributed by atoms with Crippen LogP contribution in [0.2, 0.25) is 0 Å². The van der Waals surface area contributed by atoms with E-state index in [9.17, 15) is 0 Å². The fourth-order valence-electron chi connectivity index (χ4n) is 1.94. The summed E-state index contributed by atoms with van der Waals surface area (Å²) in [6.07, 6.45) is 0. The molecule has 1 aromatic heterocycles. The molecule has 0 radical (unpaired) electrons. The highest BCUT2D eigenvalue weighted by Gasteiger charge is 2.11. The predicted octanol–water partition coefficient (Wildman–Crippen LogP) is 4.03. The van der Waals surface area contributed by atoms with Crippen molar-refractivity contribution in [1.29, 1.82) is 5.26 Å². The standard InChI is InChI=1S/C15H16N2S/c1-11(14-7-5-13(10-16)6-8-14)17-12(2)15-4-3-9-18-15/h3-9,11-12,17H,1-2H3. The Morgan fingerprint density at radius 3 is 2.39 bits per heavy atom. The maximum Gasteiger partial charge on any atom is 0.0991 e. The zero-order valence-corrected chi connectivity index (χ0v) is 11.4. The molecular weight excluding hydrogens is 240 g/mol. The lowest BCUT2D eigenvalue weighted by Crippen LogP contribution is -2.21. The summed E-state index contributed by atoms with van der Waals surface area (Å²) < 4.78 is 0. The van der Waals surface area contributed by atoms with E-state index in [1.54, 1.807) is 11.3 Å². The minimum atomic E-state index is 0.273. The predicted molar refractivity (Wildman–Crippen MR) is 75.4 cm³/mol. The van der Waals surface area contributed by atoms with Crippen LogP contribution in [0.15, 0.2) is 41.8 Å². The number of thiophene rings is 1. The molecule has 1 N–H and O–H groups in total. The Kier molecular flexibility index (Phi) is 4.14. The van der Waals surface area contributed by atoms with Crippen LogP contribution in [0.4, 0.5) is 0 Å². The first-order chi connectivity index (χ1) is 8.70. The van der Waals surface area contributed by atoms with E-state index in [1.807, 2.05) is 24.3 Å². The number of nitriles is 1. The average Bonchev–Trinajstić information content (AvgIpc) is 2.92. The van der Waals surface area contributed by atoms with Crippen LogP contribution in [0.5, 0.6) is 0 Å². The van der Waals surface area contributed by atoms with Gasteiger partial charge in [0.1, 0.15) is 0 Å². The van der Waals surface area contributed by atoms with Gasteiger partial charge in [-0.15, -0.1) is 11.3 Å². The Labute approximate surface area is 112 Å². The average molecular weight is 256 g/mol. The Bertz CT molecular complexity index is 523. The van der Waals surface area contributed by atoms with Crippen molar-refractivity contribution in [2.24, 2.45) is 0 Å². The van der Waals surface area contributed by atoms with Crippen molar-refractivity contribution >= 4 is 11.3 Å². The quantitative estimate of drug-likeness (QED) is 0.896. The maximum atomic E-state index is 8.77. The molecule has 2 atom stereocenters. The molecule has 0 amide bonds. The fraction of sp³-hybridized carbons (Fsp3) is 0.267. The van der Waals surface area contributed by atoms with Crippen LogP contribution in [0.25, 0.3) is 0 Å². The third-order valence-electron chi connectivity index (χ3n) is 3.01. The fourth-order valence-corrected chi connectivity index (χ4v) is 2.68. The molecule has 1 aromatic carbocycles. The topological polar surface area (TPSA) is 35.8 Å². The Balaban J connectivity index is 2.03. The molecule has 0 saturated carbocycles. The van der Waals surface area contributed by atoms with E-state index < -0.39 is 0 Å². The molecule has 3 heteroatoms. The first kappa shape index (κ1) is 12.8. The lowest BCUT2D eigenvalue weighted by atomic mass is 10.1. The maximum absolute atomic E-state index is 8.77. The summed E-state index contributed by atoms with van der Waals surface area (Å²) in [7, 11) is 0. The number of nitrogens with one attached hydrogen (secondary N) is 1. The van der Waals surface area contributed by atoms with Crippen molar-refractivity contribution in [2.75, 3.05) is 0 Å². The van der Waals surface area contributed by atoms with Gasteiger partial charge in [-0.05, 0) is 43.0 Å². The van der Waals surface area contributed by atoms with Gasteiger partial charge in [0.25, 0.3) is 0 Å². The molecule has 92 valence electrons. The van der Waals surface area contributed by atoms with Crippen molar-refractivity contribution in [2.45, 2.75) is 25.9 Å². The van der Waals surface area contributed by atoms with E-state index in [1.165, 1.54) is 10.4 Å². The largest absolute Gasteiger partial charge is 0.303 e. The molecule has 2 unspecified atom stereocenters. The Morgan fingerprint density at radius 1 is 1.11 bits per heavy atom. The lowest BCUT2D eigenvalue weighted by Gasteiger charge is -2.19. The number of nitrogens with zero attached hydrogens (tertiary/aromatic N) is 1. The van der Waals surface area contributed by atoms with Crippen molar-refractivity contribution in [3.05, 3.63) is 57.8 Å². The molecule has 0 aliphatic rings. The normalized spacial score (nSPS) is 13.8. The van der Waals surface area contributed by atoms with Gasteiger partial charge in [0.2, 0.25) is 0 Å². The number of hydrogen-bond acceptors (Lipinski definition) is 3. The van der Waals surface area contributed by atoms with E-state index >= 15 is 0 Å². The minimum Gasteiger partial charge on any atom is -0.303 e. The minimum absolute atomic E-state index is 0.273. The van der Waals surface area contributed by atoms with E-state index in [0.717, 1.165) is 0 Å². The Morgan fingerprint density at radius 2 is 1.83 bits per heavy atom. The first-order valence-corrected chi connectivity index (χ1v) is 6.88. The molecule has 1 heterocycles. The van der Waals surface area contributed by atoms with E-state index in [2.05, 4.69) is 42.7 Å². The number of benzene rings is 1. The summed E-state index contributed by atoms with van der Waals surface area (Å²) in [5, 5.41) is 14.4. The highest BCUT2D eigenvalue weighted by molar-refractivity contribution is 7.10. The van der Waals surface area contributed by atoms with Gasteiger partial charge >= 0.3 is 0 Å². The molecule has 0 aliphatic carbocycles. The first-order valence-electron chi connectivity index (χ1n) is 6.00. The van der Waals surface area contributed by atoms with Crippen LogP contribution in [0.1, 0.15) is 41.9 Å². The molecule has 0 fully saturated rings. The van der Waals surface area contributed by atoms with Crippen LogP contribution < -0.4 is 5.32 Å². The summed E-state index contributed by atoms with van der Waals surface area (Å²) in [4.78, 5) is 1.34. The van der Waals surface area contributed by atoms with Gasteiger partial charge in [0.15, 0.2) is 0 Å². The van der Waals surface area contributed by atoms with Crippen LogP contribution in [-0.4, -0.2) is 0 Å². The highest BCUT2D eigenvalue weighted by Crippen LogP contribution is 2.22. The third kappa shape index (κ3) is 2.98. The zero-order valence-electron chi connectivity index (χ0n) is 10.6. The van der Waals surface area contributed by atoms with E-state index in [-0.39, 0.29) is 6.04 Å². The summed E-state index contributed by atoms with van der Waals surface area (Å²) in [6, 6.07) is 14.7. The van der Waals surface area contributed by atoms with Crippen LogP contribution in [0.3, 0.4) is 0 Å². The molecule has 2 aromatic rings. The van der Waals surface area contributed by atoms with Crippen molar-refractivity contribution < 1.29 is 0 Å². The van der Waals surface area contributed by atoms with Crippen LogP contribution in [0, 0.1) is 11.3 Å². The van der Waals surface area contributed by atoms with E-state index in [4.69, 9.17) is 5.26 Å². The molecular formula is C15H16N2S. The lowest BCUT2D eigenvalue weighted by molar-refractivity contribution is 0.500. The molecule has 0 bridgehead atoms. The highest BCUT2D eigenvalue weighted by atomic mass is 32.1. The Hall–Kier alpha value is -1.63. The van der Waals surface area contributed by atoms with Gasteiger partial charge in [-0.3, -0.25) is 0 Å². The van der Waals surface area contributed by atoms with Gasteiger partial charge in [-0.1, -0.05) is 18.2 Å². The summed E-state index contributed by atoms with van der Waals surface area (Å²) in [6.45, 7) is 4.32. The molecule has 0 aliphatic heterocycles. The van der Waals surface area contributed by atoms with Crippen molar-refractivity contribution in [3.63, 3.8) is 0 Å². The summed E-state index contributed by atoms with van der Waals surface area (Å²) in [5.74, 6) is 0. The molecule has 2 nitrogen and oxygen atoms in total. The zero-order chi connectivity index (χ0) is 13.0. The molecule has 18 heavy (non-hydrogen) atoms. The number of hydrogen-bond donors (Lipinski definition) is 1. The monoisotopic (exact) mass is 256 g/mol. The number of rotatable bonds is 4. The van der Waals surface area contributed by atoms with Gasteiger partial charge in [0, 0.05) is 17.0 Å². The molecule has 0 saturated heterocycles. The van der Waals surface area contributed by atoms with Crippen LogP contribution in [-0.2, 0) is 0 Å². The van der Waals surface area contributed by atoms with Gasteiger partial charge in [-0.2, -0.15) is 5.26 Å².